The lowest BCUT2D eigenvalue weighted by Gasteiger charge is -2.30. The maximum atomic E-state index is 3.62. The predicted octanol–water partition coefficient (Wildman–Crippen LogP) is 4.80. The number of dihydropyridines is 1. The van der Waals surface area contributed by atoms with E-state index in [0.717, 1.165) is 12.3 Å². The zero-order valence-electron chi connectivity index (χ0n) is 12.1. The van der Waals surface area contributed by atoms with Crippen LogP contribution in [-0.4, -0.2) is 6.04 Å². The fourth-order valence-corrected chi connectivity index (χ4v) is 2.61. The Balaban J connectivity index is 2.54. The molecule has 0 fully saturated rings. The third-order valence-corrected chi connectivity index (χ3v) is 3.87. The Hall–Kier alpha value is -0.720. The Morgan fingerprint density at radius 3 is 2.53 bits per heavy atom. The van der Waals surface area contributed by atoms with Crippen molar-refractivity contribution in [1.29, 1.82) is 0 Å². The summed E-state index contributed by atoms with van der Waals surface area (Å²) < 4.78 is 0. The van der Waals surface area contributed by atoms with Crippen molar-refractivity contribution in [1.82, 2.24) is 5.32 Å². The molecule has 0 aromatic carbocycles. The molecule has 1 aliphatic rings. The van der Waals surface area contributed by atoms with E-state index in [1.807, 2.05) is 0 Å². The van der Waals surface area contributed by atoms with Crippen LogP contribution >= 0.6 is 0 Å². The average Bonchev–Trinajstić information content (AvgIpc) is 2.38. The van der Waals surface area contributed by atoms with E-state index in [1.54, 1.807) is 5.57 Å². The maximum Gasteiger partial charge on any atom is 0.0496 e. The molecule has 1 heteroatoms. The van der Waals surface area contributed by atoms with Gasteiger partial charge in [-0.15, -0.1) is 0 Å². The van der Waals surface area contributed by atoms with Crippen LogP contribution in [0.5, 0.6) is 0 Å². The molecule has 0 amide bonds. The summed E-state index contributed by atoms with van der Waals surface area (Å²) >= 11 is 0. The third-order valence-electron chi connectivity index (χ3n) is 3.87. The lowest BCUT2D eigenvalue weighted by Crippen LogP contribution is -2.35. The minimum atomic E-state index is 0.576. The average molecular weight is 235 g/mol. The minimum absolute atomic E-state index is 0.576. The first-order valence-corrected chi connectivity index (χ1v) is 7.38. The Labute approximate surface area is 107 Å². The minimum Gasteiger partial charge on any atom is -0.384 e. The molecule has 0 aromatic heterocycles. The maximum absolute atomic E-state index is 3.62. The fourth-order valence-electron chi connectivity index (χ4n) is 2.61. The van der Waals surface area contributed by atoms with Gasteiger partial charge in [-0.1, -0.05) is 53.0 Å². The highest BCUT2D eigenvalue weighted by molar-refractivity contribution is 5.31. The molecule has 1 N–H and O–H groups in total. The van der Waals surface area contributed by atoms with E-state index >= 15 is 0 Å². The normalized spacial score (nSPS) is 21.5. The molecule has 0 saturated heterocycles. The van der Waals surface area contributed by atoms with Gasteiger partial charge in [-0.3, -0.25) is 0 Å². The molecule has 1 rings (SSSR count). The van der Waals surface area contributed by atoms with Crippen LogP contribution in [0.4, 0.5) is 0 Å². The third kappa shape index (κ3) is 4.22. The Bertz CT molecular complexity index is 275. The molecule has 0 spiro atoms. The van der Waals surface area contributed by atoms with E-state index in [1.165, 1.54) is 37.7 Å². The molecule has 2 atom stereocenters. The summed E-state index contributed by atoms with van der Waals surface area (Å²) in [6, 6.07) is 0.576. The second-order valence-electron chi connectivity index (χ2n) is 5.26. The van der Waals surface area contributed by atoms with Crippen molar-refractivity contribution in [2.24, 2.45) is 5.92 Å². The van der Waals surface area contributed by atoms with Crippen LogP contribution in [0, 0.1) is 5.92 Å². The molecule has 1 heterocycles. The number of rotatable bonds is 7. The van der Waals surface area contributed by atoms with Crippen molar-refractivity contribution >= 4 is 0 Å². The van der Waals surface area contributed by atoms with E-state index in [-0.39, 0.29) is 0 Å². The second kappa shape index (κ2) is 7.58. The van der Waals surface area contributed by atoms with Crippen LogP contribution < -0.4 is 5.32 Å². The van der Waals surface area contributed by atoms with Gasteiger partial charge in [-0.05, 0) is 36.3 Å². The van der Waals surface area contributed by atoms with Crippen LogP contribution in [0.25, 0.3) is 0 Å². The van der Waals surface area contributed by atoms with Gasteiger partial charge in [0.05, 0.1) is 0 Å². The molecule has 17 heavy (non-hydrogen) atoms. The van der Waals surface area contributed by atoms with Crippen LogP contribution in [0.3, 0.4) is 0 Å². The van der Waals surface area contributed by atoms with E-state index in [0.29, 0.717) is 6.04 Å². The molecular formula is C16H29N. The molecule has 0 bridgehead atoms. The SMILES string of the molecule is CCCCCC(C)C1NC=C(CC)C=C1CC. The summed E-state index contributed by atoms with van der Waals surface area (Å²) in [5, 5.41) is 3.62. The van der Waals surface area contributed by atoms with Crippen LogP contribution in [0.1, 0.15) is 66.2 Å². The molecule has 1 aliphatic heterocycles. The van der Waals surface area contributed by atoms with Crippen LogP contribution in [-0.2, 0) is 0 Å². The van der Waals surface area contributed by atoms with Gasteiger partial charge in [0, 0.05) is 12.2 Å². The Morgan fingerprint density at radius 2 is 1.94 bits per heavy atom. The van der Waals surface area contributed by atoms with E-state index < -0.39 is 0 Å². The lowest BCUT2D eigenvalue weighted by atomic mass is 9.86. The zero-order valence-corrected chi connectivity index (χ0v) is 12.1. The number of hydrogen-bond acceptors (Lipinski definition) is 1. The highest BCUT2D eigenvalue weighted by Gasteiger charge is 2.21. The summed E-state index contributed by atoms with van der Waals surface area (Å²) in [5.74, 6) is 0.752. The zero-order chi connectivity index (χ0) is 12.7. The smallest absolute Gasteiger partial charge is 0.0496 e. The van der Waals surface area contributed by atoms with Gasteiger partial charge in [-0.25, -0.2) is 0 Å². The van der Waals surface area contributed by atoms with E-state index in [2.05, 4.69) is 45.3 Å². The van der Waals surface area contributed by atoms with E-state index in [9.17, 15) is 0 Å². The van der Waals surface area contributed by atoms with Gasteiger partial charge in [-0.2, -0.15) is 0 Å². The van der Waals surface area contributed by atoms with Crippen molar-refractivity contribution in [2.75, 3.05) is 0 Å². The molecule has 2 unspecified atom stereocenters. The van der Waals surface area contributed by atoms with E-state index in [4.69, 9.17) is 0 Å². The molecule has 0 saturated carbocycles. The van der Waals surface area contributed by atoms with Gasteiger partial charge in [0.2, 0.25) is 0 Å². The molecular weight excluding hydrogens is 206 g/mol. The molecule has 0 radical (unpaired) electrons. The van der Waals surface area contributed by atoms with Gasteiger partial charge in [0.1, 0.15) is 0 Å². The summed E-state index contributed by atoms with van der Waals surface area (Å²) in [5.41, 5.74) is 3.03. The first kappa shape index (κ1) is 14.3. The molecule has 0 aromatic rings. The van der Waals surface area contributed by atoms with Crippen LogP contribution in [0.15, 0.2) is 23.4 Å². The quantitative estimate of drug-likeness (QED) is 0.625. The Kier molecular flexibility index (Phi) is 6.39. The number of allylic oxidation sites excluding steroid dienone is 2. The summed E-state index contributed by atoms with van der Waals surface area (Å²) in [6.45, 7) is 9.17. The molecule has 98 valence electrons. The highest BCUT2D eigenvalue weighted by atomic mass is 14.9. The van der Waals surface area contributed by atoms with Crippen molar-refractivity contribution in [3.8, 4) is 0 Å². The predicted molar refractivity (Wildman–Crippen MR) is 77.0 cm³/mol. The summed E-state index contributed by atoms with van der Waals surface area (Å²) in [7, 11) is 0. The Morgan fingerprint density at radius 1 is 1.18 bits per heavy atom. The largest absolute Gasteiger partial charge is 0.384 e. The van der Waals surface area contributed by atoms with Gasteiger partial charge in [0.25, 0.3) is 0 Å². The fraction of sp³-hybridized carbons (Fsp3) is 0.750. The first-order chi connectivity index (χ1) is 8.22. The summed E-state index contributed by atoms with van der Waals surface area (Å²) in [4.78, 5) is 0. The summed E-state index contributed by atoms with van der Waals surface area (Å²) in [6.07, 6.45) is 12.4. The van der Waals surface area contributed by atoms with Gasteiger partial charge >= 0.3 is 0 Å². The number of nitrogens with one attached hydrogen (secondary N) is 1. The highest BCUT2D eigenvalue weighted by Crippen LogP contribution is 2.25. The molecule has 1 nitrogen and oxygen atoms in total. The monoisotopic (exact) mass is 235 g/mol. The topological polar surface area (TPSA) is 12.0 Å². The second-order valence-corrected chi connectivity index (χ2v) is 5.26. The van der Waals surface area contributed by atoms with Crippen LogP contribution in [0.2, 0.25) is 0 Å². The molecule has 0 aliphatic carbocycles. The number of hydrogen-bond donors (Lipinski definition) is 1. The van der Waals surface area contributed by atoms with Gasteiger partial charge in [0.15, 0.2) is 0 Å². The standard InChI is InChI=1S/C16H29N/c1-5-8-9-10-13(4)16-15(7-3)11-14(6-2)12-17-16/h11-13,16-17H,5-10H2,1-4H3. The van der Waals surface area contributed by atoms with Crippen molar-refractivity contribution < 1.29 is 0 Å². The lowest BCUT2D eigenvalue weighted by molar-refractivity contribution is 0.401. The van der Waals surface area contributed by atoms with Crippen molar-refractivity contribution in [2.45, 2.75) is 72.3 Å². The van der Waals surface area contributed by atoms with Crippen molar-refractivity contribution in [3.63, 3.8) is 0 Å². The number of unbranched alkanes of at least 4 members (excludes halogenated alkanes) is 2. The van der Waals surface area contributed by atoms with Gasteiger partial charge < -0.3 is 5.32 Å². The first-order valence-electron chi connectivity index (χ1n) is 7.38. The van der Waals surface area contributed by atoms with Crippen molar-refractivity contribution in [3.05, 3.63) is 23.4 Å².